The van der Waals surface area contributed by atoms with E-state index in [1.54, 1.807) is 45.0 Å². The number of amides is 9. The first-order valence-electron chi connectivity index (χ1n) is 36.1. The molecule has 34 heteroatoms. The lowest BCUT2D eigenvalue weighted by atomic mass is 10.1. The van der Waals surface area contributed by atoms with Crippen LogP contribution in [0.2, 0.25) is 0 Å². The molecule has 10 rings (SSSR count). The fourth-order valence-electron chi connectivity index (χ4n) is 13.5. The Kier molecular flexibility index (Phi) is 27.2. The highest BCUT2D eigenvalue weighted by Gasteiger charge is 2.63. The first-order chi connectivity index (χ1) is 51.7. The molecule has 30 nitrogen and oxygen atoms in total. The molecule has 4 fully saturated rings. The van der Waals surface area contributed by atoms with E-state index in [1.807, 2.05) is 4.72 Å². The Morgan fingerprint density at radius 1 is 0.550 bits per heavy atom. The molecule has 4 heterocycles. The van der Waals surface area contributed by atoms with Gasteiger partial charge in [-0.2, -0.15) is 0 Å². The lowest BCUT2D eigenvalue weighted by molar-refractivity contribution is -0.138. The summed E-state index contributed by atoms with van der Waals surface area (Å²) in [6.45, 7) is 12.6. The minimum absolute atomic E-state index is 0.0120. The van der Waals surface area contributed by atoms with Crippen molar-refractivity contribution in [2.75, 3.05) is 23.7 Å². The van der Waals surface area contributed by atoms with Crippen LogP contribution in [0.25, 0.3) is 0 Å². The number of benzene rings is 4. The van der Waals surface area contributed by atoms with Crippen molar-refractivity contribution in [1.82, 2.24) is 40.1 Å². The van der Waals surface area contributed by atoms with Gasteiger partial charge in [-0.25, -0.2) is 49.4 Å². The molecule has 0 aromatic heterocycles. The Morgan fingerprint density at radius 2 is 0.972 bits per heavy atom. The number of rotatable bonds is 32. The molecular formula is C75H92F2N10O20S2. The summed E-state index contributed by atoms with van der Waals surface area (Å²) >= 11 is 0. The quantitative estimate of drug-likeness (QED) is 0.0126. The zero-order valence-electron chi connectivity index (χ0n) is 60.7. The predicted octanol–water partition coefficient (Wildman–Crippen LogP) is 8.30. The first kappa shape index (κ1) is 82.7. The van der Waals surface area contributed by atoms with E-state index in [1.165, 1.54) is 82.6 Å². The zero-order valence-corrected chi connectivity index (χ0v) is 62.4. The fourth-order valence-corrected chi connectivity index (χ4v) is 15.9. The molecule has 4 aliphatic heterocycles. The summed E-state index contributed by atoms with van der Waals surface area (Å²) in [6.07, 6.45) is 5.77. The van der Waals surface area contributed by atoms with Crippen LogP contribution in [0.1, 0.15) is 159 Å². The van der Waals surface area contributed by atoms with Gasteiger partial charge >= 0.3 is 30.2 Å². The number of hydrogen-bond donors (Lipinski definition) is 9. The van der Waals surface area contributed by atoms with Crippen LogP contribution < -0.4 is 36.0 Å². The molecule has 0 radical (unpaired) electrons. The maximum absolute atomic E-state index is 14.4. The van der Waals surface area contributed by atoms with Gasteiger partial charge in [-0.05, 0) is 107 Å². The molecule has 2 saturated carbocycles. The van der Waals surface area contributed by atoms with E-state index in [0.29, 0.717) is 67.2 Å². The average molecular weight is 1560 g/mol. The van der Waals surface area contributed by atoms with Crippen LogP contribution in [-0.4, -0.2) is 161 Å². The fraction of sp³-hybridized carbons (Fsp3) is 0.480. The number of aliphatic carboxylic acids is 2. The van der Waals surface area contributed by atoms with Crippen molar-refractivity contribution in [3.05, 3.63) is 144 Å². The van der Waals surface area contributed by atoms with Crippen molar-refractivity contribution in [3.8, 4) is 0 Å². The molecule has 109 heavy (non-hydrogen) atoms. The van der Waals surface area contributed by atoms with Gasteiger partial charge in [0.1, 0.15) is 56.4 Å². The molecule has 9 N–H and O–H groups in total. The highest BCUT2D eigenvalue weighted by molar-refractivity contribution is 7.90. The summed E-state index contributed by atoms with van der Waals surface area (Å²) in [4.78, 5) is 144. The summed E-state index contributed by atoms with van der Waals surface area (Å²) < 4.78 is 104. The van der Waals surface area contributed by atoms with Gasteiger partial charge in [0.05, 0.1) is 37.1 Å². The lowest BCUT2D eigenvalue weighted by Gasteiger charge is -2.29. The number of unbranched alkanes of at least 4 members (excludes halogenated alkanes) is 8. The largest absolute Gasteiger partial charge is 0.481 e. The number of carboxylic acids is 2. The van der Waals surface area contributed by atoms with Crippen molar-refractivity contribution in [2.45, 2.75) is 213 Å². The molecular weight excluding hydrogens is 1460 g/mol. The van der Waals surface area contributed by atoms with Crippen LogP contribution in [0.3, 0.4) is 0 Å². The van der Waals surface area contributed by atoms with Crippen LogP contribution in [0.15, 0.2) is 120 Å². The van der Waals surface area contributed by atoms with Crippen molar-refractivity contribution in [3.63, 3.8) is 0 Å². The Hall–Kier alpha value is -10.4. The molecule has 2 aliphatic carbocycles. The molecule has 8 atom stereocenters. The zero-order chi connectivity index (χ0) is 79.2. The minimum atomic E-state index is -4.62. The van der Waals surface area contributed by atoms with E-state index < -0.39 is 150 Å². The topological polar surface area (TPSA) is 418 Å². The summed E-state index contributed by atoms with van der Waals surface area (Å²) in [7, 11) is -9.13. The number of nitrogens with one attached hydrogen (secondary N) is 7. The van der Waals surface area contributed by atoms with Gasteiger partial charge in [0.25, 0.3) is 31.9 Å². The summed E-state index contributed by atoms with van der Waals surface area (Å²) in [6, 6.07) is 18.2. The maximum atomic E-state index is 14.4. The first-order valence-corrected chi connectivity index (χ1v) is 39.0. The SMILES string of the molecule is C=C[C@@H]1C[C@]1(NC(=O)[C@@H]1C[C@@H](OC(=O)N2Cc3cccc(F)c3C2)CN1)C(=O)NS(=O)(=O)c1ccccc1NC(=O)CCCCCCCC(=O)O.C=C[C@@H]1C[C@]1(NC(=O)[C@@H]1C[C@@H](OC(=O)N2Cc3cccc(F)c3C2)CN1C(=O)OC(C)(C)C)C(=O)NS(=O)(=O)c1ccccc1NC(=O)CCCCCCCC(=O)O. The van der Waals surface area contributed by atoms with Gasteiger partial charge in [-0.1, -0.05) is 99.2 Å². The highest BCUT2D eigenvalue weighted by atomic mass is 32.2. The van der Waals surface area contributed by atoms with Gasteiger partial charge in [0.15, 0.2) is 0 Å². The number of para-hydroxylation sites is 2. The summed E-state index contributed by atoms with van der Waals surface area (Å²) in [5.41, 5.74) is -2.26. The highest BCUT2D eigenvalue weighted by Crippen LogP contribution is 2.47. The second-order valence-corrected chi connectivity index (χ2v) is 32.2. The lowest BCUT2D eigenvalue weighted by Crippen LogP contribution is -2.56. The van der Waals surface area contributed by atoms with Crippen LogP contribution in [0.5, 0.6) is 0 Å². The van der Waals surface area contributed by atoms with Crippen LogP contribution in [0.4, 0.5) is 34.5 Å². The van der Waals surface area contributed by atoms with E-state index in [9.17, 15) is 78.4 Å². The van der Waals surface area contributed by atoms with E-state index in [0.717, 1.165) is 24.2 Å². The van der Waals surface area contributed by atoms with E-state index in [2.05, 4.69) is 44.5 Å². The number of halogens is 2. The van der Waals surface area contributed by atoms with Crippen LogP contribution in [-0.2, 0) is 98.8 Å². The van der Waals surface area contributed by atoms with Gasteiger partial charge in [0, 0.05) is 81.1 Å². The van der Waals surface area contributed by atoms with Crippen LogP contribution in [0, 0.1) is 23.5 Å². The van der Waals surface area contributed by atoms with E-state index >= 15 is 0 Å². The number of carbonyl (C=O) groups is 11. The molecule has 0 unspecified atom stereocenters. The van der Waals surface area contributed by atoms with E-state index in [-0.39, 0.29) is 112 Å². The average Bonchev–Trinajstić information content (AvgIpc) is 1.58. The number of carbonyl (C=O) groups excluding carboxylic acids is 9. The maximum Gasteiger partial charge on any atom is 0.411 e. The Morgan fingerprint density at radius 3 is 1.39 bits per heavy atom. The number of sulfonamides is 2. The smallest absolute Gasteiger partial charge is 0.411 e. The molecule has 6 aliphatic rings. The number of carboxylic acid groups (broad SMARTS) is 2. The standard InChI is InChI=1S/C40H50FN5O11S.C35H42FN5O9S/c1-5-26-21-40(26,36(51)44-58(54,55)32-17-12-11-16-30(32)42-33(47)18-9-7-6-8-10-19-34(48)49)43-35(50)31-20-27(23-46(31)38(53)57-39(2,3)4)56-37(52)45-22-25-14-13-15-29(41)28(25)24-45;1-2-23-18-35(23,39-32(45)28-17-24(19-37-28)50-34(47)41-20-22-11-10-12-26(36)25(22)21-41)33(46)40-51(48,49)29-14-9-8-13-27(29)38-30(42)15-6-4-3-5-7-16-31(43)44/h5,11-17,26-27,31H,1,6-10,18-24H2,2-4H3,(H,42,47)(H,43,50)(H,44,51)(H,48,49);2,8-14,23-24,28,37H,1,3-7,15-21H2,(H,38,42)(H,39,45)(H,40,46)(H,43,44)/t26-,27-,31+,40-;23-,24-,28+,35-/m11/s1. The number of hydrogen-bond acceptors (Lipinski definition) is 19. The molecule has 4 aromatic carbocycles. The second-order valence-electron chi connectivity index (χ2n) is 28.9. The molecule has 588 valence electrons. The third kappa shape index (κ3) is 21.5. The number of nitrogens with zero attached hydrogens (tertiary/aromatic N) is 3. The van der Waals surface area contributed by atoms with Crippen LogP contribution >= 0.6 is 0 Å². The van der Waals surface area contributed by atoms with Gasteiger partial charge in [-0.15, -0.1) is 13.2 Å². The Balaban J connectivity index is 0.000000253. The van der Waals surface area contributed by atoms with Crippen molar-refractivity contribution in [2.24, 2.45) is 11.8 Å². The van der Waals surface area contributed by atoms with Gasteiger partial charge < -0.3 is 51.0 Å². The predicted molar refractivity (Wildman–Crippen MR) is 389 cm³/mol. The van der Waals surface area contributed by atoms with Crippen molar-refractivity contribution in [1.29, 1.82) is 0 Å². The van der Waals surface area contributed by atoms with Crippen molar-refractivity contribution < 1.29 is 103 Å². The normalized spacial score (nSPS) is 21.5. The molecule has 2 saturated heterocycles. The van der Waals surface area contributed by atoms with E-state index in [4.69, 9.17) is 24.4 Å². The third-order valence-electron chi connectivity index (χ3n) is 19.5. The monoisotopic (exact) mass is 1550 g/mol. The summed E-state index contributed by atoms with van der Waals surface area (Å²) in [5, 5.41) is 31.0. The summed E-state index contributed by atoms with van der Waals surface area (Å²) in [5.74, 6) is -8.12. The Labute approximate surface area is 629 Å². The minimum Gasteiger partial charge on any atom is -0.481 e. The molecule has 4 aromatic rings. The molecule has 9 amide bonds. The number of fused-ring (bicyclic) bond motifs is 2. The Bertz CT molecular complexity index is 4410. The number of ether oxygens (including phenoxy) is 3. The van der Waals surface area contributed by atoms with Crippen molar-refractivity contribution >= 4 is 97.1 Å². The number of likely N-dealkylation sites (tertiary alicyclic amines) is 1. The third-order valence-corrected chi connectivity index (χ3v) is 22.3. The number of anilines is 2. The van der Waals surface area contributed by atoms with Gasteiger partial charge in [-0.3, -0.25) is 53.1 Å². The second kappa shape index (κ2) is 35.8. The van der Waals surface area contributed by atoms with Gasteiger partial charge in [0.2, 0.25) is 23.6 Å². The molecule has 0 spiro atoms. The molecule has 0 bridgehead atoms.